The molecule has 2 nitrogen and oxygen atoms in total. The van der Waals surface area contributed by atoms with Gasteiger partial charge in [0.05, 0.1) is 5.41 Å². The molecule has 3 aromatic carbocycles. The molecule has 0 N–H and O–H groups in total. The van der Waals surface area contributed by atoms with Crippen LogP contribution in [0.25, 0.3) is 0 Å². The summed E-state index contributed by atoms with van der Waals surface area (Å²) in [6, 6.07) is 26.9. The smallest absolute Gasteiger partial charge is 0.178 e. The highest BCUT2D eigenvalue weighted by molar-refractivity contribution is 6.08. The van der Waals surface area contributed by atoms with Gasteiger partial charge in [-0.2, -0.15) is 0 Å². The van der Waals surface area contributed by atoms with Crippen molar-refractivity contribution in [1.82, 2.24) is 4.90 Å². The first-order valence-corrected chi connectivity index (χ1v) is 10.3. The fourth-order valence-corrected chi connectivity index (χ4v) is 4.21. The van der Waals surface area contributed by atoms with Gasteiger partial charge in [-0.1, -0.05) is 78.9 Å². The third kappa shape index (κ3) is 4.04. The third-order valence-corrected chi connectivity index (χ3v) is 6.11. The van der Waals surface area contributed by atoms with E-state index in [2.05, 4.69) is 50.2 Å². The van der Waals surface area contributed by atoms with Gasteiger partial charge in [-0.05, 0) is 63.5 Å². The highest BCUT2D eigenvalue weighted by Gasteiger charge is 2.44. The zero-order valence-corrected chi connectivity index (χ0v) is 18.1. The van der Waals surface area contributed by atoms with Gasteiger partial charge in [-0.15, -0.1) is 0 Å². The lowest BCUT2D eigenvalue weighted by atomic mass is 9.65. The molecule has 3 aromatic rings. The van der Waals surface area contributed by atoms with Crippen LogP contribution in [0.4, 0.5) is 0 Å². The van der Waals surface area contributed by atoms with Gasteiger partial charge in [-0.25, -0.2) is 0 Å². The minimum atomic E-state index is -0.747. The Hall–Kier alpha value is -2.71. The molecule has 150 valence electrons. The van der Waals surface area contributed by atoms with Gasteiger partial charge in [-0.3, -0.25) is 4.79 Å². The second-order valence-corrected chi connectivity index (χ2v) is 8.25. The molecule has 0 fully saturated rings. The Morgan fingerprint density at radius 1 is 0.793 bits per heavy atom. The normalized spacial score (nSPS) is 12.8. The third-order valence-electron chi connectivity index (χ3n) is 6.11. The van der Waals surface area contributed by atoms with E-state index < -0.39 is 5.41 Å². The van der Waals surface area contributed by atoms with Gasteiger partial charge in [0.25, 0.3) is 0 Å². The van der Waals surface area contributed by atoms with Crippen LogP contribution in [0.3, 0.4) is 0 Å². The van der Waals surface area contributed by atoms with Crippen molar-refractivity contribution in [2.24, 2.45) is 0 Å². The molecule has 0 radical (unpaired) electrons. The van der Waals surface area contributed by atoms with Gasteiger partial charge in [0.1, 0.15) is 0 Å². The van der Waals surface area contributed by atoms with Gasteiger partial charge in [0.15, 0.2) is 5.78 Å². The minimum absolute atomic E-state index is 0.180. The fourth-order valence-electron chi connectivity index (χ4n) is 4.21. The standard InChI is InChI=1S/C27H31NO/c1-20-13-12-14-21(2)25(20)26(29)27(19-22(3)28(4)5,23-15-8-6-9-16-23)24-17-10-7-11-18-24/h6-18,22H,19H2,1-5H3/t22-/m0/s1. The maximum Gasteiger partial charge on any atom is 0.178 e. The summed E-state index contributed by atoms with van der Waals surface area (Å²) in [5, 5.41) is 0. The lowest BCUT2D eigenvalue weighted by Crippen LogP contribution is -2.43. The number of rotatable bonds is 7. The molecule has 29 heavy (non-hydrogen) atoms. The van der Waals surface area contributed by atoms with Crippen LogP contribution in [0, 0.1) is 13.8 Å². The lowest BCUT2D eigenvalue weighted by Gasteiger charge is -2.38. The Kier molecular flexibility index (Phi) is 6.34. The van der Waals surface area contributed by atoms with Crippen molar-refractivity contribution in [1.29, 1.82) is 0 Å². The van der Waals surface area contributed by atoms with Crippen molar-refractivity contribution in [3.05, 3.63) is 107 Å². The largest absolute Gasteiger partial charge is 0.307 e. The minimum Gasteiger partial charge on any atom is -0.307 e. The van der Waals surface area contributed by atoms with Crippen molar-refractivity contribution >= 4 is 5.78 Å². The molecular formula is C27H31NO. The average Bonchev–Trinajstić information content (AvgIpc) is 2.72. The molecule has 0 aliphatic carbocycles. The molecule has 0 aliphatic heterocycles. The van der Waals surface area contributed by atoms with Crippen molar-refractivity contribution in [3.8, 4) is 0 Å². The molecule has 2 heteroatoms. The molecule has 3 rings (SSSR count). The van der Waals surface area contributed by atoms with Crippen molar-refractivity contribution in [2.75, 3.05) is 14.1 Å². The summed E-state index contributed by atoms with van der Waals surface area (Å²) >= 11 is 0. The van der Waals surface area contributed by atoms with Crippen LogP contribution in [-0.2, 0) is 5.41 Å². The zero-order valence-electron chi connectivity index (χ0n) is 18.1. The topological polar surface area (TPSA) is 20.3 Å². The Labute approximate surface area is 175 Å². The molecule has 0 spiro atoms. The van der Waals surface area contributed by atoms with E-state index in [0.29, 0.717) is 6.42 Å². The predicted octanol–water partition coefficient (Wildman–Crippen LogP) is 5.81. The Morgan fingerprint density at radius 2 is 1.24 bits per heavy atom. The number of Topliss-reactive ketones (excluding diaryl/α,β-unsaturated/α-hetero) is 1. The molecule has 0 saturated carbocycles. The number of nitrogens with zero attached hydrogens (tertiary/aromatic N) is 1. The lowest BCUT2D eigenvalue weighted by molar-refractivity contribution is 0.0881. The van der Waals surface area contributed by atoms with Crippen LogP contribution in [0.15, 0.2) is 78.9 Å². The van der Waals surface area contributed by atoms with E-state index in [9.17, 15) is 4.79 Å². The molecule has 1 atom stereocenters. The average molecular weight is 386 g/mol. The molecule has 0 saturated heterocycles. The number of ketones is 1. The van der Waals surface area contributed by atoms with Gasteiger partial charge in [0.2, 0.25) is 0 Å². The van der Waals surface area contributed by atoms with Crippen LogP contribution in [0.5, 0.6) is 0 Å². The van der Waals surface area contributed by atoms with Crippen LogP contribution in [-0.4, -0.2) is 30.8 Å². The van der Waals surface area contributed by atoms with E-state index >= 15 is 0 Å². The van der Waals surface area contributed by atoms with Crippen LogP contribution in [0.2, 0.25) is 0 Å². The van der Waals surface area contributed by atoms with Crippen LogP contribution >= 0.6 is 0 Å². The van der Waals surface area contributed by atoms with Crippen LogP contribution < -0.4 is 0 Å². The predicted molar refractivity (Wildman–Crippen MR) is 122 cm³/mol. The van der Waals surface area contributed by atoms with E-state index in [1.54, 1.807) is 0 Å². The summed E-state index contributed by atoms with van der Waals surface area (Å²) in [6.45, 7) is 6.27. The Morgan fingerprint density at radius 3 is 1.66 bits per heavy atom. The van der Waals surface area contributed by atoms with Gasteiger partial charge >= 0.3 is 0 Å². The number of benzene rings is 3. The summed E-state index contributed by atoms with van der Waals surface area (Å²) in [5.74, 6) is 0.180. The first-order chi connectivity index (χ1) is 13.9. The maximum atomic E-state index is 14.4. The summed E-state index contributed by atoms with van der Waals surface area (Å²) in [6.07, 6.45) is 0.709. The summed E-state index contributed by atoms with van der Waals surface area (Å²) < 4.78 is 0. The number of carbonyl (C=O) groups is 1. The number of carbonyl (C=O) groups excluding carboxylic acids is 1. The second-order valence-electron chi connectivity index (χ2n) is 8.25. The van der Waals surface area contributed by atoms with Crippen LogP contribution in [0.1, 0.15) is 46.0 Å². The number of aryl methyl sites for hydroxylation is 2. The first-order valence-electron chi connectivity index (χ1n) is 10.3. The van der Waals surface area contributed by atoms with E-state index in [1.807, 2.05) is 68.4 Å². The van der Waals surface area contributed by atoms with Crippen molar-refractivity contribution in [3.63, 3.8) is 0 Å². The van der Waals surface area contributed by atoms with Gasteiger partial charge in [0, 0.05) is 11.6 Å². The highest BCUT2D eigenvalue weighted by Crippen LogP contribution is 2.41. The SMILES string of the molecule is Cc1cccc(C)c1C(=O)C(C[C@H](C)N(C)C)(c1ccccc1)c1ccccc1. The second kappa shape index (κ2) is 8.75. The molecular weight excluding hydrogens is 354 g/mol. The summed E-state index contributed by atoms with van der Waals surface area (Å²) in [7, 11) is 4.16. The Bertz CT molecular complexity index is 901. The molecule has 0 unspecified atom stereocenters. The number of hydrogen-bond acceptors (Lipinski definition) is 2. The van der Waals surface area contributed by atoms with E-state index in [1.165, 1.54) is 0 Å². The monoisotopic (exact) mass is 385 g/mol. The molecule has 0 aromatic heterocycles. The maximum absolute atomic E-state index is 14.4. The zero-order chi connectivity index (χ0) is 21.0. The fraction of sp³-hybridized carbons (Fsp3) is 0.296. The van der Waals surface area contributed by atoms with E-state index in [4.69, 9.17) is 0 Å². The van der Waals surface area contributed by atoms with E-state index in [0.717, 1.165) is 27.8 Å². The quantitative estimate of drug-likeness (QED) is 0.478. The van der Waals surface area contributed by atoms with Crippen molar-refractivity contribution in [2.45, 2.75) is 38.6 Å². The first kappa shape index (κ1) is 21.0. The molecule has 0 heterocycles. The van der Waals surface area contributed by atoms with E-state index in [-0.39, 0.29) is 11.8 Å². The molecule has 0 amide bonds. The van der Waals surface area contributed by atoms with Crippen molar-refractivity contribution < 1.29 is 4.79 Å². The summed E-state index contributed by atoms with van der Waals surface area (Å²) in [5.41, 5.74) is 4.25. The van der Waals surface area contributed by atoms with Gasteiger partial charge < -0.3 is 4.90 Å². The highest BCUT2D eigenvalue weighted by atomic mass is 16.1. The molecule has 0 bridgehead atoms. The molecule has 0 aliphatic rings. The number of hydrogen-bond donors (Lipinski definition) is 0. The Balaban J connectivity index is 2.34. The summed E-state index contributed by atoms with van der Waals surface area (Å²) in [4.78, 5) is 16.6.